The maximum atomic E-state index is 11.7. The molecule has 6 heteroatoms. The SMILES string of the molecule is CC(O)OC(C)OC(=O)c1ccccc1C(=O)O. The molecule has 1 aromatic rings. The van der Waals surface area contributed by atoms with Gasteiger partial charge in [0.15, 0.2) is 6.29 Å². The van der Waals surface area contributed by atoms with Gasteiger partial charge in [0, 0.05) is 0 Å². The van der Waals surface area contributed by atoms with Crippen molar-refractivity contribution in [3.63, 3.8) is 0 Å². The first-order valence-corrected chi connectivity index (χ1v) is 5.28. The largest absolute Gasteiger partial charge is 0.478 e. The standard InChI is InChI=1S/C12H14O6/c1-7(13)17-8(2)18-12(16)10-6-4-3-5-9(10)11(14)15/h3-8,13H,1-2H3,(H,14,15). The molecule has 0 radical (unpaired) electrons. The lowest BCUT2D eigenvalue weighted by Crippen LogP contribution is -2.23. The highest BCUT2D eigenvalue weighted by Crippen LogP contribution is 2.12. The van der Waals surface area contributed by atoms with Gasteiger partial charge in [-0.05, 0) is 26.0 Å². The predicted molar refractivity (Wildman–Crippen MR) is 61.0 cm³/mol. The molecule has 2 atom stereocenters. The van der Waals surface area contributed by atoms with Gasteiger partial charge in [0.1, 0.15) is 0 Å². The molecule has 0 aromatic heterocycles. The Hall–Kier alpha value is -1.92. The Morgan fingerprint density at radius 1 is 1.17 bits per heavy atom. The van der Waals surface area contributed by atoms with E-state index >= 15 is 0 Å². The first-order valence-electron chi connectivity index (χ1n) is 5.28. The highest BCUT2D eigenvalue weighted by Gasteiger charge is 2.19. The van der Waals surface area contributed by atoms with Crippen LogP contribution in [0.1, 0.15) is 34.6 Å². The number of aliphatic hydroxyl groups excluding tert-OH is 1. The molecule has 0 aliphatic carbocycles. The van der Waals surface area contributed by atoms with E-state index < -0.39 is 24.5 Å². The van der Waals surface area contributed by atoms with E-state index in [1.54, 1.807) is 0 Å². The van der Waals surface area contributed by atoms with E-state index in [1.165, 1.54) is 38.1 Å². The molecular formula is C12H14O6. The van der Waals surface area contributed by atoms with Gasteiger partial charge in [-0.1, -0.05) is 12.1 Å². The maximum Gasteiger partial charge on any atom is 0.341 e. The van der Waals surface area contributed by atoms with Gasteiger partial charge in [-0.15, -0.1) is 0 Å². The summed E-state index contributed by atoms with van der Waals surface area (Å²) < 4.78 is 9.66. The van der Waals surface area contributed by atoms with E-state index in [1.807, 2.05) is 0 Å². The summed E-state index contributed by atoms with van der Waals surface area (Å²) in [5, 5.41) is 17.9. The Balaban J connectivity index is 2.81. The summed E-state index contributed by atoms with van der Waals surface area (Å²) in [6, 6.07) is 5.69. The van der Waals surface area contributed by atoms with Crippen LogP contribution in [0.25, 0.3) is 0 Å². The van der Waals surface area contributed by atoms with Crippen LogP contribution in [0.5, 0.6) is 0 Å². The fraction of sp³-hybridized carbons (Fsp3) is 0.333. The molecule has 2 unspecified atom stereocenters. The average molecular weight is 254 g/mol. The van der Waals surface area contributed by atoms with E-state index in [9.17, 15) is 9.59 Å². The molecule has 1 aromatic carbocycles. The summed E-state index contributed by atoms with van der Waals surface area (Å²) in [5.74, 6) is -2.03. The second kappa shape index (κ2) is 6.13. The number of aromatic carboxylic acids is 1. The lowest BCUT2D eigenvalue weighted by atomic mass is 10.1. The zero-order chi connectivity index (χ0) is 13.7. The summed E-state index contributed by atoms with van der Waals surface area (Å²) in [6.07, 6.45) is -2.05. The van der Waals surface area contributed by atoms with Crippen molar-refractivity contribution in [3.8, 4) is 0 Å². The van der Waals surface area contributed by atoms with Gasteiger partial charge in [-0.2, -0.15) is 0 Å². The van der Waals surface area contributed by atoms with E-state index in [-0.39, 0.29) is 11.1 Å². The molecule has 0 saturated heterocycles. The van der Waals surface area contributed by atoms with Gasteiger partial charge in [0.2, 0.25) is 6.29 Å². The molecule has 18 heavy (non-hydrogen) atoms. The zero-order valence-corrected chi connectivity index (χ0v) is 9.99. The van der Waals surface area contributed by atoms with Gasteiger partial charge in [-0.25, -0.2) is 9.59 Å². The highest BCUT2D eigenvalue weighted by molar-refractivity contribution is 6.02. The molecule has 0 heterocycles. The third-order valence-corrected chi connectivity index (χ3v) is 2.04. The van der Waals surface area contributed by atoms with Crippen molar-refractivity contribution in [1.82, 2.24) is 0 Å². The molecule has 0 spiro atoms. The molecule has 1 rings (SSSR count). The second-order valence-corrected chi connectivity index (χ2v) is 3.56. The van der Waals surface area contributed by atoms with Crippen LogP contribution >= 0.6 is 0 Å². The number of esters is 1. The molecule has 0 aliphatic heterocycles. The Kier molecular flexibility index (Phi) is 4.82. The van der Waals surface area contributed by atoms with Crippen molar-refractivity contribution in [1.29, 1.82) is 0 Å². The minimum atomic E-state index is -1.22. The van der Waals surface area contributed by atoms with Crippen molar-refractivity contribution in [2.45, 2.75) is 26.4 Å². The van der Waals surface area contributed by atoms with E-state index in [2.05, 4.69) is 0 Å². The highest BCUT2D eigenvalue weighted by atomic mass is 16.7. The number of ether oxygens (including phenoxy) is 2. The number of aliphatic hydroxyl groups is 1. The van der Waals surface area contributed by atoms with Gasteiger partial charge in [0.25, 0.3) is 0 Å². The Morgan fingerprint density at radius 2 is 1.72 bits per heavy atom. The normalized spacial score (nSPS) is 13.7. The summed E-state index contributed by atoms with van der Waals surface area (Å²) in [4.78, 5) is 22.6. The predicted octanol–water partition coefficient (Wildman–Crippen LogP) is 1.24. The van der Waals surface area contributed by atoms with E-state index in [0.29, 0.717) is 0 Å². The Bertz CT molecular complexity index is 440. The number of benzene rings is 1. The van der Waals surface area contributed by atoms with Crippen molar-refractivity contribution in [2.24, 2.45) is 0 Å². The lowest BCUT2D eigenvalue weighted by molar-refractivity contribution is -0.191. The molecule has 0 aliphatic rings. The average Bonchev–Trinajstić information content (AvgIpc) is 2.27. The first kappa shape index (κ1) is 14.1. The van der Waals surface area contributed by atoms with Crippen LogP contribution in [0, 0.1) is 0 Å². The zero-order valence-electron chi connectivity index (χ0n) is 9.99. The van der Waals surface area contributed by atoms with Crippen molar-refractivity contribution < 1.29 is 29.3 Å². The fourth-order valence-corrected chi connectivity index (χ4v) is 1.37. The molecular weight excluding hydrogens is 240 g/mol. The number of carboxylic acid groups (broad SMARTS) is 1. The van der Waals surface area contributed by atoms with Crippen molar-refractivity contribution in [2.75, 3.05) is 0 Å². The number of hydrogen-bond donors (Lipinski definition) is 2. The number of carboxylic acids is 1. The summed E-state index contributed by atoms with van der Waals surface area (Å²) in [7, 11) is 0. The van der Waals surface area contributed by atoms with Crippen LogP contribution in [0.3, 0.4) is 0 Å². The van der Waals surface area contributed by atoms with Crippen molar-refractivity contribution >= 4 is 11.9 Å². The minimum absolute atomic E-state index is 0.0638. The van der Waals surface area contributed by atoms with Crippen LogP contribution in [0.15, 0.2) is 24.3 Å². The quantitative estimate of drug-likeness (QED) is 0.606. The van der Waals surface area contributed by atoms with Crippen molar-refractivity contribution in [3.05, 3.63) is 35.4 Å². The maximum absolute atomic E-state index is 11.7. The number of carbonyl (C=O) groups excluding carboxylic acids is 1. The third kappa shape index (κ3) is 3.83. The number of rotatable bonds is 5. The number of carbonyl (C=O) groups is 2. The molecule has 98 valence electrons. The topological polar surface area (TPSA) is 93.1 Å². The third-order valence-electron chi connectivity index (χ3n) is 2.04. The van der Waals surface area contributed by atoms with Gasteiger partial charge in [0.05, 0.1) is 11.1 Å². The Labute approximate surface area is 104 Å². The Morgan fingerprint density at radius 3 is 2.22 bits per heavy atom. The van der Waals surface area contributed by atoms with Gasteiger partial charge in [-0.3, -0.25) is 0 Å². The number of hydrogen-bond acceptors (Lipinski definition) is 5. The summed E-state index contributed by atoms with van der Waals surface area (Å²) in [5.41, 5.74) is -0.210. The molecule has 6 nitrogen and oxygen atoms in total. The molecule has 0 fully saturated rings. The molecule has 0 amide bonds. The van der Waals surface area contributed by atoms with Crippen LogP contribution in [0.4, 0.5) is 0 Å². The lowest BCUT2D eigenvalue weighted by Gasteiger charge is -2.16. The van der Waals surface area contributed by atoms with Gasteiger partial charge < -0.3 is 19.7 Å². The van der Waals surface area contributed by atoms with E-state index in [0.717, 1.165) is 0 Å². The fourth-order valence-electron chi connectivity index (χ4n) is 1.37. The molecule has 0 bridgehead atoms. The van der Waals surface area contributed by atoms with Crippen LogP contribution < -0.4 is 0 Å². The molecule has 0 saturated carbocycles. The second-order valence-electron chi connectivity index (χ2n) is 3.56. The monoisotopic (exact) mass is 254 g/mol. The summed E-state index contributed by atoms with van der Waals surface area (Å²) in [6.45, 7) is 2.80. The van der Waals surface area contributed by atoms with E-state index in [4.69, 9.17) is 19.7 Å². The van der Waals surface area contributed by atoms with Crippen LogP contribution in [-0.2, 0) is 9.47 Å². The summed E-state index contributed by atoms with van der Waals surface area (Å²) >= 11 is 0. The first-order chi connectivity index (χ1) is 8.41. The molecule has 2 N–H and O–H groups in total. The van der Waals surface area contributed by atoms with Gasteiger partial charge >= 0.3 is 11.9 Å². The smallest absolute Gasteiger partial charge is 0.341 e. The minimum Gasteiger partial charge on any atom is -0.478 e. The van der Waals surface area contributed by atoms with Crippen LogP contribution in [-0.4, -0.2) is 34.7 Å². The van der Waals surface area contributed by atoms with Crippen LogP contribution in [0.2, 0.25) is 0 Å².